The summed E-state index contributed by atoms with van der Waals surface area (Å²) in [6.07, 6.45) is 9.38. The Bertz CT molecular complexity index is 2750. The van der Waals surface area contributed by atoms with Crippen LogP contribution in [0.5, 0.6) is 5.75 Å². The molecule has 3 aromatic heterocycles. The summed E-state index contributed by atoms with van der Waals surface area (Å²) in [7, 11) is 0. The number of benzene rings is 5. The van der Waals surface area contributed by atoms with Crippen molar-refractivity contribution in [3.8, 4) is 45.2 Å². The number of fused-ring (bicyclic) bond motifs is 2. The summed E-state index contributed by atoms with van der Waals surface area (Å²) in [5.74, 6) is 1.02. The largest absolute Gasteiger partial charge is 2.00 e. The molecule has 5 aromatic carbocycles. The third kappa shape index (κ3) is 7.24. The van der Waals surface area contributed by atoms with E-state index in [0.29, 0.717) is 17.5 Å². The van der Waals surface area contributed by atoms with Crippen molar-refractivity contribution in [2.24, 2.45) is 0 Å². The Morgan fingerprint density at radius 1 is 0.655 bits per heavy atom. The van der Waals surface area contributed by atoms with E-state index in [0.717, 1.165) is 55.7 Å². The average Bonchev–Trinajstić information content (AvgIpc) is 3.76. The van der Waals surface area contributed by atoms with Crippen LogP contribution >= 0.6 is 0 Å². The first-order chi connectivity index (χ1) is 27.1. The number of imidazole rings is 1. The molecule has 0 amide bonds. The zero-order chi connectivity index (χ0) is 40.4. The fourth-order valence-corrected chi connectivity index (χ4v) is 8.15. The Labute approximate surface area is 358 Å². The Morgan fingerprint density at radius 2 is 1.33 bits per heavy atom. The Hall–Kier alpha value is -5.25. The normalized spacial score (nSPS) is 12.2. The fraction of sp³-hybridized carbons (Fsp3) is 0.269. The van der Waals surface area contributed by atoms with Gasteiger partial charge < -0.3 is 9.67 Å². The molecule has 296 valence electrons. The Kier molecular flexibility index (Phi) is 10.9. The first-order valence-corrected chi connectivity index (χ1v) is 20.2. The smallest absolute Gasteiger partial charge is 0.511 e. The summed E-state index contributed by atoms with van der Waals surface area (Å²) in [5.41, 5.74) is 14.3. The molecule has 6 heteroatoms. The van der Waals surface area contributed by atoms with Crippen molar-refractivity contribution >= 4 is 21.9 Å². The number of aromatic nitrogens is 4. The topological polar surface area (TPSA) is 46.9 Å². The number of hydrogen-bond acceptors (Lipinski definition) is 2. The Morgan fingerprint density at radius 3 is 1.98 bits per heavy atom. The van der Waals surface area contributed by atoms with Crippen LogP contribution in [0.3, 0.4) is 0 Å². The molecule has 8 rings (SSSR count). The van der Waals surface area contributed by atoms with Crippen LogP contribution in [0.15, 0.2) is 121 Å². The van der Waals surface area contributed by atoms with Crippen LogP contribution < -0.4 is 4.57 Å². The number of pyridine rings is 1. The molecule has 0 bridgehead atoms. The summed E-state index contributed by atoms with van der Waals surface area (Å²) in [6, 6.07) is 40.7. The molecule has 5 nitrogen and oxygen atoms in total. The van der Waals surface area contributed by atoms with E-state index < -0.39 is 0 Å². The first kappa shape index (κ1) is 40.9. The Balaban J connectivity index is 0.00000512. The van der Waals surface area contributed by atoms with Gasteiger partial charge >= 0.3 is 21.1 Å². The first-order valence-electron chi connectivity index (χ1n) is 20.2. The van der Waals surface area contributed by atoms with Crippen LogP contribution in [0, 0.1) is 12.5 Å². The van der Waals surface area contributed by atoms with E-state index in [1.165, 1.54) is 22.3 Å². The van der Waals surface area contributed by atoms with Gasteiger partial charge in [-0.15, -0.1) is 0 Å². The average molecular weight is 945 g/mol. The minimum Gasteiger partial charge on any atom is -0.511 e. The predicted molar refractivity (Wildman–Crippen MR) is 235 cm³/mol. The molecule has 0 saturated carbocycles. The molecule has 0 fully saturated rings. The van der Waals surface area contributed by atoms with Crippen molar-refractivity contribution in [2.45, 2.75) is 91.9 Å². The van der Waals surface area contributed by atoms with Gasteiger partial charge in [0.25, 0.3) is 6.33 Å². The van der Waals surface area contributed by atoms with Crippen LogP contribution in [0.25, 0.3) is 61.4 Å². The van der Waals surface area contributed by atoms with E-state index >= 15 is 0 Å². The molecule has 58 heavy (non-hydrogen) atoms. The summed E-state index contributed by atoms with van der Waals surface area (Å²) in [6.45, 7) is 22.2. The summed E-state index contributed by atoms with van der Waals surface area (Å²) >= 11 is 0. The number of hydrogen-bond donors (Lipinski definition) is 1. The molecule has 1 N–H and O–H groups in total. The van der Waals surface area contributed by atoms with E-state index in [1.54, 1.807) is 0 Å². The third-order valence-corrected chi connectivity index (χ3v) is 11.2. The number of phenols is 1. The van der Waals surface area contributed by atoms with Gasteiger partial charge in [-0.05, 0) is 85.6 Å². The zero-order valence-corrected chi connectivity index (χ0v) is 37.5. The zero-order valence-electron chi connectivity index (χ0n) is 35.3. The van der Waals surface area contributed by atoms with Crippen LogP contribution in [-0.2, 0) is 31.9 Å². The maximum atomic E-state index is 12.0. The molecule has 0 atom stereocenters. The van der Waals surface area contributed by atoms with E-state index in [2.05, 4.69) is 188 Å². The molecular weight excluding hydrogens is 892 g/mol. The van der Waals surface area contributed by atoms with Gasteiger partial charge in [0.05, 0.1) is 16.7 Å². The number of para-hydroxylation sites is 4. The van der Waals surface area contributed by atoms with Gasteiger partial charge in [-0.3, -0.25) is 14.1 Å². The maximum Gasteiger partial charge on any atom is 2.00 e. The van der Waals surface area contributed by atoms with Crippen molar-refractivity contribution < 1.29 is 30.7 Å². The van der Waals surface area contributed by atoms with Crippen LogP contribution in [0.2, 0.25) is 0 Å². The van der Waals surface area contributed by atoms with Crippen LogP contribution in [0.1, 0.15) is 103 Å². The monoisotopic (exact) mass is 944 g/mol. The van der Waals surface area contributed by atoms with Gasteiger partial charge in [-0.25, -0.2) is 0 Å². The predicted octanol–water partition coefficient (Wildman–Crippen LogP) is 12.7. The van der Waals surface area contributed by atoms with E-state index in [-0.39, 0.29) is 37.6 Å². The molecule has 0 aliphatic heterocycles. The van der Waals surface area contributed by atoms with E-state index in [9.17, 15) is 5.11 Å². The molecule has 0 aliphatic rings. The van der Waals surface area contributed by atoms with Gasteiger partial charge in [0.2, 0.25) is 0 Å². The minimum absolute atomic E-state index is 0. The molecule has 0 spiro atoms. The molecule has 8 aromatic rings. The SMILES string of the molecule is CC(C)c1cccc(C(C)C)c1-c1ccc2c(c1)c(-c1ccccn1)[c-]n2-c1ccccc1-[n+]1[c-]n(-c2cc(C(C)(C)C)cc(C(C)(C)C)c2O)c2ccccc21.[Pt+2]. The van der Waals surface area contributed by atoms with Gasteiger partial charge in [0, 0.05) is 11.9 Å². The van der Waals surface area contributed by atoms with Gasteiger partial charge in [0.1, 0.15) is 11.4 Å². The molecular formula is C52H53N4OPt+. The van der Waals surface area contributed by atoms with Crippen LogP contribution in [0.4, 0.5) is 0 Å². The second kappa shape index (κ2) is 15.5. The van der Waals surface area contributed by atoms with E-state index in [1.807, 2.05) is 29.0 Å². The third-order valence-electron chi connectivity index (χ3n) is 11.2. The molecule has 0 aliphatic carbocycles. The number of nitrogens with zero attached hydrogens (tertiary/aromatic N) is 4. The summed E-state index contributed by atoms with van der Waals surface area (Å²) < 4.78 is 6.32. The molecule has 0 saturated heterocycles. The number of phenolic OH excluding ortho intramolecular Hbond substituents is 1. The second-order valence-corrected chi connectivity index (χ2v) is 18.0. The standard InChI is InChI=1S/C52H53N4O.Pt/c1-33(2)37-18-17-19-38(34(3)4)49(37)35-25-26-43-39(28-35)40(42-20-15-16-27-53-42)31-54(43)44-21-11-12-22-45(44)55-32-56(47-24-14-13-23-46(47)55)48-30-36(51(5,6)7)29-41(50(48)57)52(8,9)10;/h11-30,33-34,57H,1-10H3;/q-1;+2. The minimum atomic E-state index is -0.269. The molecule has 0 unspecified atom stereocenters. The molecule has 3 heterocycles. The quantitative estimate of drug-likeness (QED) is 0.128. The number of aromatic hydroxyl groups is 1. The van der Waals surface area contributed by atoms with Crippen molar-refractivity contribution in [1.29, 1.82) is 0 Å². The second-order valence-electron chi connectivity index (χ2n) is 18.0. The van der Waals surface area contributed by atoms with Gasteiger partial charge in [0.15, 0.2) is 0 Å². The molecule has 0 radical (unpaired) electrons. The van der Waals surface area contributed by atoms with Gasteiger partial charge in [-0.2, -0.15) is 0 Å². The van der Waals surface area contributed by atoms with Gasteiger partial charge in [-0.1, -0.05) is 183 Å². The summed E-state index contributed by atoms with van der Waals surface area (Å²) in [5, 5.41) is 13.1. The fourth-order valence-electron chi connectivity index (χ4n) is 8.15. The van der Waals surface area contributed by atoms with Crippen molar-refractivity contribution in [1.82, 2.24) is 14.1 Å². The van der Waals surface area contributed by atoms with Crippen LogP contribution in [-0.4, -0.2) is 19.2 Å². The number of rotatable bonds is 7. The summed E-state index contributed by atoms with van der Waals surface area (Å²) in [4.78, 5) is 4.83. The van der Waals surface area contributed by atoms with Crippen molar-refractivity contribution in [3.63, 3.8) is 0 Å². The van der Waals surface area contributed by atoms with Crippen molar-refractivity contribution in [2.75, 3.05) is 0 Å². The van der Waals surface area contributed by atoms with E-state index in [4.69, 9.17) is 4.98 Å². The maximum absolute atomic E-state index is 12.0. The van der Waals surface area contributed by atoms with Crippen molar-refractivity contribution in [3.05, 3.63) is 156 Å².